The number of benzene rings is 1. The molecule has 0 aromatic heterocycles. The van der Waals surface area contributed by atoms with E-state index < -0.39 is 0 Å². The third kappa shape index (κ3) is 7.09. The van der Waals surface area contributed by atoms with Crippen LogP contribution < -0.4 is 20.3 Å². The van der Waals surface area contributed by atoms with E-state index in [1.165, 1.54) is 12.1 Å². The minimum atomic E-state index is 0. The van der Waals surface area contributed by atoms with Crippen molar-refractivity contribution in [2.45, 2.75) is 43.4 Å². The summed E-state index contributed by atoms with van der Waals surface area (Å²) in [6.45, 7) is 6.94. The molecule has 0 aliphatic carbocycles. The van der Waals surface area contributed by atoms with Crippen LogP contribution in [0.5, 0.6) is 5.75 Å². The molecule has 0 bridgehead atoms. The lowest BCUT2D eigenvalue weighted by Crippen LogP contribution is -2.54. The van der Waals surface area contributed by atoms with Gasteiger partial charge in [0, 0.05) is 62.4 Å². The fourth-order valence-electron chi connectivity index (χ4n) is 4.19. The van der Waals surface area contributed by atoms with Crippen LogP contribution in [0.25, 0.3) is 0 Å². The zero-order valence-corrected chi connectivity index (χ0v) is 21.6. The van der Waals surface area contributed by atoms with Crippen molar-refractivity contribution in [2.24, 2.45) is 4.99 Å². The number of thioether (sulfide) groups is 1. The molecule has 2 heterocycles. The van der Waals surface area contributed by atoms with E-state index in [9.17, 15) is 0 Å². The molecule has 2 fully saturated rings. The van der Waals surface area contributed by atoms with Gasteiger partial charge >= 0.3 is 0 Å². The summed E-state index contributed by atoms with van der Waals surface area (Å²) in [5, 5.41) is 7.27. The number of anilines is 1. The first-order valence-electron chi connectivity index (χ1n) is 10.8. The zero-order valence-electron chi connectivity index (χ0n) is 18.5. The summed E-state index contributed by atoms with van der Waals surface area (Å²) in [6, 6.07) is 8.71. The van der Waals surface area contributed by atoms with Crippen LogP contribution in [0.4, 0.5) is 5.69 Å². The molecule has 1 aromatic carbocycles. The normalized spacial score (nSPS) is 21.5. The lowest BCUT2D eigenvalue weighted by Gasteiger charge is -2.38. The molecule has 2 aliphatic heterocycles. The molecule has 170 valence electrons. The lowest BCUT2D eigenvalue weighted by atomic mass is 9.99. The van der Waals surface area contributed by atoms with Gasteiger partial charge in [0.2, 0.25) is 0 Å². The summed E-state index contributed by atoms with van der Waals surface area (Å²) in [7, 11) is 3.58. The van der Waals surface area contributed by atoms with Gasteiger partial charge < -0.3 is 25.0 Å². The van der Waals surface area contributed by atoms with Crippen LogP contribution in [0.2, 0.25) is 0 Å². The summed E-state index contributed by atoms with van der Waals surface area (Å²) in [5.41, 5.74) is 1.22. The first-order valence-corrected chi connectivity index (χ1v) is 11.7. The maximum Gasteiger partial charge on any atom is 0.191 e. The Morgan fingerprint density at radius 2 is 2.17 bits per heavy atom. The Balaban J connectivity index is 0.00000320. The Hall–Kier alpha value is -0.870. The van der Waals surface area contributed by atoms with Crippen molar-refractivity contribution < 1.29 is 9.47 Å². The van der Waals surface area contributed by atoms with Gasteiger partial charge in [0.1, 0.15) is 5.75 Å². The van der Waals surface area contributed by atoms with Gasteiger partial charge in [0.25, 0.3) is 0 Å². The van der Waals surface area contributed by atoms with Gasteiger partial charge in [-0.25, -0.2) is 0 Å². The quantitative estimate of drug-likeness (QED) is 0.308. The van der Waals surface area contributed by atoms with E-state index in [-0.39, 0.29) is 28.7 Å². The highest BCUT2D eigenvalue weighted by atomic mass is 127. The number of aliphatic imine (C=N–C) groups is 1. The molecule has 2 saturated heterocycles. The van der Waals surface area contributed by atoms with Gasteiger partial charge in [-0.05, 0) is 43.6 Å². The van der Waals surface area contributed by atoms with Crippen LogP contribution in [0.3, 0.4) is 0 Å². The highest BCUT2D eigenvalue weighted by Gasteiger charge is 2.33. The monoisotopic (exact) mass is 548 g/mol. The molecular weight excluding hydrogens is 511 g/mol. The van der Waals surface area contributed by atoms with Crippen LogP contribution in [-0.2, 0) is 4.74 Å². The van der Waals surface area contributed by atoms with E-state index in [2.05, 4.69) is 57.4 Å². The summed E-state index contributed by atoms with van der Waals surface area (Å²) in [6.07, 6.45) is 4.52. The van der Waals surface area contributed by atoms with Crippen molar-refractivity contribution in [1.82, 2.24) is 10.6 Å². The van der Waals surface area contributed by atoms with Crippen LogP contribution in [-0.4, -0.2) is 69.5 Å². The second kappa shape index (κ2) is 12.9. The standard InChI is InChI=1S/C22H36N4O2S.HI/c1-4-29-22(10-13-28-14-11-22)17-24-21(23-2)25-18-7-6-12-26(16-18)19-8-5-9-20(15-19)27-3;/h5,8-9,15,18H,4,6-7,10-14,16-17H2,1-3H3,(H2,23,24,25);1H. The second-order valence-electron chi connectivity index (χ2n) is 7.79. The summed E-state index contributed by atoms with van der Waals surface area (Å²) in [4.78, 5) is 6.93. The predicted molar refractivity (Wildman–Crippen MR) is 139 cm³/mol. The number of ether oxygens (including phenoxy) is 2. The first-order chi connectivity index (χ1) is 14.2. The molecule has 3 rings (SSSR count). The van der Waals surface area contributed by atoms with E-state index in [0.29, 0.717) is 6.04 Å². The van der Waals surface area contributed by atoms with Crippen molar-refractivity contribution in [3.05, 3.63) is 24.3 Å². The highest BCUT2D eigenvalue weighted by Crippen LogP contribution is 2.34. The SMILES string of the molecule is CCSC1(CNC(=NC)NC2CCCN(c3cccc(OC)c3)C2)CCOCC1.I. The average molecular weight is 549 g/mol. The number of hydrogen-bond acceptors (Lipinski definition) is 5. The predicted octanol–water partition coefficient (Wildman–Crippen LogP) is 3.75. The van der Waals surface area contributed by atoms with Crippen molar-refractivity contribution in [2.75, 3.05) is 57.7 Å². The largest absolute Gasteiger partial charge is 0.497 e. The third-order valence-corrected chi connectivity index (χ3v) is 7.29. The minimum Gasteiger partial charge on any atom is -0.497 e. The first kappa shape index (κ1) is 25.4. The van der Waals surface area contributed by atoms with E-state index >= 15 is 0 Å². The van der Waals surface area contributed by atoms with Crippen molar-refractivity contribution in [3.8, 4) is 5.75 Å². The molecule has 0 radical (unpaired) electrons. The van der Waals surface area contributed by atoms with Crippen molar-refractivity contribution >= 4 is 47.4 Å². The average Bonchev–Trinajstić information content (AvgIpc) is 2.78. The maximum atomic E-state index is 5.59. The number of nitrogens with zero attached hydrogens (tertiary/aromatic N) is 2. The van der Waals surface area contributed by atoms with Gasteiger partial charge in [-0.1, -0.05) is 13.0 Å². The number of nitrogens with one attached hydrogen (secondary N) is 2. The lowest BCUT2D eigenvalue weighted by molar-refractivity contribution is 0.0782. The Kier molecular flexibility index (Phi) is 10.9. The molecule has 0 saturated carbocycles. The Bertz CT molecular complexity index is 665. The highest BCUT2D eigenvalue weighted by molar-refractivity contribution is 14.0. The van der Waals surface area contributed by atoms with Gasteiger partial charge in [0.05, 0.1) is 7.11 Å². The van der Waals surface area contributed by atoms with E-state index in [1.807, 2.05) is 13.1 Å². The molecular formula is C22H37IN4O2S. The topological polar surface area (TPSA) is 58.1 Å². The number of methoxy groups -OCH3 is 1. The number of rotatable bonds is 7. The minimum absolute atomic E-state index is 0. The number of piperidine rings is 1. The zero-order chi connectivity index (χ0) is 20.5. The number of guanidine groups is 1. The molecule has 0 amide bonds. The van der Waals surface area contributed by atoms with Crippen LogP contribution in [0.15, 0.2) is 29.3 Å². The Morgan fingerprint density at radius 3 is 2.87 bits per heavy atom. The van der Waals surface area contributed by atoms with Crippen LogP contribution in [0.1, 0.15) is 32.6 Å². The fraction of sp³-hybridized carbons (Fsp3) is 0.682. The van der Waals surface area contributed by atoms with E-state index in [1.54, 1.807) is 7.11 Å². The fourth-order valence-corrected chi connectivity index (χ4v) is 5.43. The van der Waals surface area contributed by atoms with Gasteiger partial charge in [-0.2, -0.15) is 11.8 Å². The molecule has 0 spiro atoms. The van der Waals surface area contributed by atoms with Crippen LogP contribution >= 0.6 is 35.7 Å². The molecule has 2 aliphatic rings. The Morgan fingerprint density at radius 1 is 1.37 bits per heavy atom. The van der Waals surface area contributed by atoms with Crippen LogP contribution in [0, 0.1) is 0 Å². The van der Waals surface area contributed by atoms with Gasteiger partial charge in [-0.15, -0.1) is 24.0 Å². The molecule has 1 aromatic rings. The molecule has 30 heavy (non-hydrogen) atoms. The summed E-state index contributed by atoms with van der Waals surface area (Å²) < 4.78 is 11.2. The maximum absolute atomic E-state index is 5.59. The Labute approximate surface area is 203 Å². The van der Waals surface area contributed by atoms with Gasteiger partial charge in [-0.3, -0.25) is 4.99 Å². The van der Waals surface area contributed by atoms with Crippen molar-refractivity contribution in [1.29, 1.82) is 0 Å². The third-order valence-electron chi connectivity index (χ3n) is 5.84. The molecule has 1 unspecified atom stereocenters. The van der Waals surface area contributed by atoms with Gasteiger partial charge in [0.15, 0.2) is 5.96 Å². The van der Waals surface area contributed by atoms with E-state index in [0.717, 1.165) is 69.6 Å². The molecule has 6 nitrogen and oxygen atoms in total. The van der Waals surface area contributed by atoms with E-state index in [4.69, 9.17) is 9.47 Å². The van der Waals surface area contributed by atoms with Crippen molar-refractivity contribution in [3.63, 3.8) is 0 Å². The molecule has 8 heteroatoms. The summed E-state index contributed by atoms with van der Waals surface area (Å²) >= 11 is 2.05. The second-order valence-corrected chi connectivity index (χ2v) is 9.52. The number of halogens is 1. The number of hydrogen-bond donors (Lipinski definition) is 2. The molecule has 2 N–H and O–H groups in total. The smallest absolute Gasteiger partial charge is 0.191 e. The summed E-state index contributed by atoms with van der Waals surface area (Å²) in [5.74, 6) is 2.95. The molecule has 1 atom stereocenters.